The van der Waals surface area contributed by atoms with Crippen molar-refractivity contribution in [1.82, 2.24) is 0 Å². The highest BCUT2D eigenvalue weighted by Gasteiger charge is 2.04. The molecule has 0 atom stereocenters. The highest BCUT2D eigenvalue weighted by molar-refractivity contribution is 5.27. The molecule has 1 rings (SSSR count). The Morgan fingerprint density at radius 1 is 1.38 bits per heavy atom. The van der Waals surface area contributed by atoms with Gasteiger partial charge in [-0.05, 0) is 18.9 Å². The van der Waals surface area contributed by atoms with Crippen LogP contribution in [0.15, 0.2) is 30.4 Å². The third kappa shape index (κ3) is 2.39. The summed E-state index contributed by atoms with van der Waals surface area (Å²) in [5, 5.41) is 8.81. The zero-order chi connectivity index (χ0) is 9.68. The molecule has 0 bridgehead atoms. The Morgan fingerprint density at radius 3 is 2.69 bits per heavy atom. The lowest BCUT2D eigenvalue weighted by molar-refractivity contribution is 0.275. The largest absolute Gasteiger partial charge is 0.392 e. The third-order valence-electron chi connectivity index (χ3n) is 1.90. The Labute approximate surface area is 77.5 Å². The predicted octanol–water partition coefficient (Wildman–Crippen LogP) is 2.44. The van der Waals surface area contributed by atoms with Crippen LogP contribution in [0.25, 0.3) is 0 Å². The van der Waals surface area contributed by atoms with Crippen LogP contribution in [-0.4, -0.2) is 5.11 Å². The summed E-state index contributed by atoms with van der Waals surface area (Å²) in [6.07, 6.45) is 4.35. The van der Waals surface area contributed by atoms with Crippen molar-refractivity contribution in [2.24, 2.45) is 0 Å². The summed E-state index contributed by atoms with van der Waals surface area (Å²) in [5.41, 5.74) is 0.992. The summed E-state index contributed by atoms with van der Waals surface area (Å²) in [4.78, 5) is 0. The number of hydrogen-bond acceptors (Lipinski definition) is 1. The molecule has 1 aromatic rings. The Hall–Kier alpha value is -1.15. The second-order valence-corrected chi connectivity index (χ2v) is 2.82. The van der Waals surface area contributed by atoms with E-state index in [9.17, 15) is 4.39 Å². The van der Waals surface area contributed by atoms with Crippen LogP contribution in [-0.2, 0) is 13.0 Å². The van der Waals surface area contributed by atoms with Gasteiger partial charge in [0.1, 0.15) is 5.82 Å². The second kappa shape index (κ2) is 4.77. The summed E-state index contributed by atoms with van der Waals surface area (Å²) in [6.45, 7) is 1.66. The molecule has 0 unspecified atom stereocenters. The van der Waals surface area contributed by atoms with E-state index >= 15 is 0 Å². The van der Waals surface area contributed by atoms with E-state index in [0.29, 0.717) is 17.5 Å². The van der Waals surface area contributed by atoms with Crippen LogP contribution in [0.4, 0.5) is 4.39 Å². The van der Waals surface area contributed by atoms with Crippen molar-refractivity contribution in [2.45, 2.75) is 20.0 Å². The maximum Gasteiger partial charge on any atom is 0.132 e. The van der Waals surface area contributed by atoms with Crippen LogP contribution < -0.4 is 0 Å². The molecular weight excluding hydrogens is 167 g/mol. The summed E-state index contributed by atoms with van der Waals surface area (Å²) >= 11 is 0. The molecule has 0 saturated heterocycles. The van der Waals surface area contributed by atoms with E-state index in [-0.39, 0.29) is 12.4 Å². The third-order valence-corrected chi connectivity index (χ3v) is 1.90. The topological polar surface area (TPSA) is 20.2 Å². The van der Waals surface area contributed by atoms with Crippen LogP contribution in [0.5, 0.6) is 0 Å². The molecule has 0 radical (unpaired) electrons. The zero-order valence-corrected chi connectivity index (χ0v) is 7.63. The maximum atomic E-state index is 13.4. The molecular formula is C11H13FO. The molecule has 0 aromatic heterocycles. The number of benzene rings is 1. The van der Waals surface area contributed by atoms with Gasteiger partial charge in [-0.15, -0.1) is 0 Å². The van der Waals surface area contributed by atoms with Gasteiger partial charge >= 0.3 is 0 Å². The fourth-order valence-electron chi connectivity index (χ4n) is 1.16. The standard InChI is InChI=1S/C11H13FO/c1-2-3-5-9-6-4-7-10(8-13)11(9)12/h2-4,6-7,13H,5,8H2,1H3/b3-2+. The Morgan fingerprint density at radius 2 is 2.08 bits per heavy atom. The van der Waals surface area contributed by atoms with Gasteiger partial charge in [-0.25, -0.2) is 4.39 Å². The molecule has 0 fully saturated rings. The molecule has 1 aromatic carbocycles. The minimum atomic E-state index is -0.289. The van der Waals surface area contributed by atoms with E-state index in [4.69, 9.17) is 5.11 Å². The van der Waals surface area contributed by atoms with Crippen molar-refractivity contribution in [3.8, 4) is 0 Å². The SMILES string of the molecule is C/C=C/Cc1cccc(CO)c1F. The second-order valence-electron chi connectivity index (χ2n) is 2.82. The fraction of sp³-hybridized carbons (Fsp3) is 0.273. The van der Waals surface area contributed by atoms with Crippen molar-refractivity contribution in [1.29, 1.82) is 0 Å². The molecule has 0 heterocycles. The summed E-state index contributed by atoms with van der Waals surface area (Å²) < 4.78 is 13.4. The first-order valence-electron chi connectivity index (χ1n) is 4.28. The van der Waals surface area contributed by atoms with Crippen molar-refractivity contribution in [3.05, 3.63) is 47.3 Å². The number of hydrogen-bond donors (Lipinski definition) is 1. The Kier molecular flexibility index (Phi) is 3.65. The lowest BCUT2D eigenvalue weighted by Crippen LogP contribution is -1.95. The van der Waals surface area contributed by atoms with Crippen molar-refractivity contribution >= 4 is 0 Å². The molecule has 0 aliphatic rings. The molecule has 1 nitrogen and oxygen atoms in total. The summed E-state index contributed by atoms with van der Waals surface area (Å²) in [5.74, 6) is -0.289. The minimum absolute atomic E-state index is 0.241. The van der Waals surface area contributed by atoms with Gasteiger partial charge in [-0.1, -0.05) is 30.4 Å². The normalized spacial score (nSPS) is 11.0. The number of halogens is 1. The van der Waals surface area contributed by atoms with Gasteiger partial charge in [0, 0.05) is 5.56 Å². The highest BCUT2D eigenvalue weighted by atomic mass is 19.1. The van der Waals surface area contributed by atoms with Gasteiger partial charge in [-0.3, -0.25) is 0 Å². The van der Waals surface area contributed by atoms with Crippen LogP contribution in [0.2, 0.25) is 0 Å². The molecule has 0 spiro atoms. The van der Waals surface area contributed by atoms with Crippen LogP contribution in [0.1, 0.15) is 18.1 Å². The first-order valence-corrected chi connectivity index (χ1v) is 4.28. The average Bonchev–Trinajstić information content (AvgIpc) is 2.16. The predicted molar refractivity (Wildman–Crippen MR) is 50.8 cm³/mol. The van der Waals surface area contributed by atoms with E-state index in [0.717, 1.165) is 0 Å². The van der Waals surface area contributed by atoms with Crippen LogP contribution in [0.3, 0.4) is 0 Å². The monoisotopic (exact) mass is 180 g/mol. The number of allylic oxidation sites excluding steroid dienone is 2. The molecule has 2 heteroatoms. The number of aliphatic hydroxyl groups is 1. The zero-order valence-electron chi connectivity index (χ0n) is 7.63. The first kappa shape index (κ1) is 9.93. The average molecular weight is 180 g/mol. The van der Waals surface area contributed by atoms with E-state index in [1.165, 1.54) is 0 Å². The van der Waals surface area contributed by atoms with Gasteiger partial charge in [0.05, 0.1) is 6.61 Å². The molecule has 1 N–H and O–H groups in total. The van der Waals surface area contributed by atoms with Gasteiger partial charge in [0.2, 0.25) is 0 Å². The lowest BCUT2D eigenvalue weighted by Gasteiger charge is -2.03. The maximum absolute atomic E-state index is 13.4. The van der Waals surface area contributed by atoms with E-state index in [1.54, 1.807) is 18.2 Å². The molecule has 0 aliphatic heterocycles. The van der Waals surface area contributed by atoms with Gasteiger partial charge < -0.3 is 5.11 Å². The Balaban J connectivity index is 2.94. The molecule has 70 valence electrons. The van der Waals surface area contributed by atoms with Gasteiger partial charge in [-0.2, -0.15) is 0 Å². The Bertz CT molecular complexity index is 305. The minimum Gasteiger partial charge on any atom is -0.392 e. The van der Waals surface area contributed by atoms with Gasteiger partial charge in [0.25, 0.3) is 0 Å². The molecule has 13 heavy (non-hydrogen) atoms. The van der Waals surface area contributed by atoms with E-state index < -0.39 is 0 Å². The number of aliphatic hydroxyl groups excluding tert-OH is 1. The lowest BCUT2D eigenvalue weighted by atomic mass is 10.1. The van der Waals surface area contributed by atoms with E-state index in [1.807, 2.05) is 19.1 Å². The van der Waals surface area contributed by atoms with Crippen LogP contribution >= 0.6 is 0 Å². The van der Waals surface area contributed by atoms with Crippen LogP contribution in [0, 0.1) is 5.82 Å². The number of rotatable bonds is 3. The van der Waals surface area contributed by atoms with E-state index in [2.05, 4.69) is 0 Å². The summed E-state index contributed by atoms with van der Waals surface area (Å²) in [6, 6.07) is 5.08. The highest BCUT2D eigenvalue weighted by Crippen LogP contribution is 2.13. The molecule has 0 amide bonds. The summed E-state index contributed by atoms with van der Waals surface area (Å²) in [7, 11) is 0. The molecule has 0 saturated carbocycles. The van der Waals surface area contributed by atoms with Crippen molar-refractivity contribution < 1.29 is 9.50 Å². The first-order chi connectivity index (χ1) is 6.29. The van der Waals surface area contributed by atoms with Gasteiger partial charge in [0.15, 0.2) is 0 Å². The molecule has 0 aliphatic carbocycles. The van der Waals surface area contributed by atoms with Crippen molar-refractivity contribution in [2.75, 3.05) is 0 Å². The smallest absolute Gasteiger partial charge is 0.132 e. The van der Waals surface area contributed by atoms with Crippen molar-refractivity contribution in [3.63, 3.8) is 0 Å². The fourth-order valence-corrected chi connectivity index (χ4v) is 1.16. The quantitative estimate of drug-likeness (QED) is 0.708.